The lowest BCUT2D eigenvalue weighted by Gasteiger charge is -2.20. The number of phenols is 1. The highest BCUT2D eigenvalue weighted by molar-refractivity contribution is 7.52. The number of aliphatic carboxylic acids is 1. The number of carboxylic acid groups (broad SMARTS) is 1. The molecule has 0 saturated carbocycles. The maximum absolute atomic E-state index is 12.2. The summed E-state index contributed by atoms with van der Waals surface area (Å²) in [4.78, 5) is 23.2. The van der Waals surface area contributed by atoms with Crippen LogP contribution < -0.4 is 10.4 Å². The Hall–Kier alpha value is -2.09. The van der Waals surface area contributed by atoms with Crippen molar-refractivity contribution in [1.82, 2.24) is 10.4 Å². The molecule has 0 aliphatic heterocycles. The first kappa shape index (κ1) is 19.0. The van der Waals surface area contributed by atoms with Crippen molar-refractivity contribution < 1.29 is 33.4 Å². The van der Waals surface area contributed by atoms with Crippen molar-refractivity contribution in [3.05, 3.63) is 29.8 Å². The molecule has 0 aliphatic rings. The van der Waals surface area contributed by atoms with Crippen LogP contribution in [0.1, 0.15) is 25.5 Å². The summed E-state index contributed by atoms with van der Waals surface area (Å²) in [5.74, 6) is -1.37. The highest BCUT2D eigenvalue weighted by Gasteiger charge is 2.29. The number of carboxylic acids is 1. The highest BCUT2D eigenvalue weighted by Crippen LogP contribution is 2.43. The van der Waals surface area contributed by atoms with Crippen LogP contribution in [0.2, 0.25) is 0 Å². The van der Waals surface area contributed by atoms with Crippen LogP contribution in [0.3, 0.4) is 0 Å². The number of carbonyl (C=O) groups excluding carboxylic acids is 1. The van der Waals surface area contributed by atoms with Gasteiger partial charge in [0.1, 0.15) is 5.75 Å². The molecule has 0 aliphatic carbocycles. The first-order valence-corrected chi connectivity index (χ1v) is 8.35. The van der Waals surface area contributed by atoms with Gasteiger partial charge in [0.15, 0.2) is 6.04 Å². The Morgan fingerprint density at radius 1 is 1.17 bits per heavy atom. The largest absolute Gasteiger partial charge is 0.508 e. The molecule has 23 heavy (non-hydrogen) atoms. The molecule has 4 N–H and O–H groups in total. The number of benzene rings is 1. The Morgan fingerprint density at radius 3 is 2.13 bits per heavy atom. The fourth-order valence-corrected chi connectivity index (χ4v) is 2.88. The van der Waals surface area contributed by atoms with Gasteiger partial charge in [-0.05, 0) is 31.5 Å². The molecule has 1 aromatic rings. The van der Waals surface area contributed by atoms with Crippen LogP contribution in [0.25, 0.3) is 0 Å². The summed E-state index contributed by atoms with van der Waals surface area (Å²) in [6.45, 7) is 3.22. The second kappa shape index (κ2) is 8.52. The van der Waals surface area contributed by atoms with Crippen molar-refractivity contribution in [2.45, 2.75) is 19.9 Å². The van der Waals surface area contributed by atoms with E-state index in [1.807, 2.05) is 5.09 Å². The summed E-state index contributed by atoms with van der Waals surface area (Å²) >= 11 is 0. The summed E-state index contributed by atoms with van der Waals surface area (Å²) in [5, 5.41) is 22.6. The highest BCUT2D eigenvalue weighted by atomic mass is 31.2. The van der Waals surface area contributed by atoms with Gasteiger partial charge in [0, 0.05) is 0 Å². The molecule has 9 nitrogen and oxygen atoms in total. The van der Waals surface area contributed by atoms with Gasteiger partial charge in [0.25, 0.3) is 0 Å². The van der Waals surface area contributed by atoms with E-state index in [-0.39, 0.29) is 24.5 Å². The van der Waals surface area contributed by atoms with E-state index in [4.69, 9.17) is 9.05 Å². The second-order valence-electron chi connectivity index (χ2n) is 4.28. The number of hydrogen-bond acceptors (Lipinski definition) is 6. The van der Waals surface area contributed by atoms with Gasteiger partial charge in [-0.2, -0.15) is 0 Å². The van der Waals surface area contributed by atoms with Crippen LogP contribution in [0.5, 0.6) is 5.75 Å². The van der Waals surface area contributed by atoms with Crippen molar-refractivity contribution in [1.29, 1.82) is 0 Å². The monoisotopic (exact) mass is 346 g/mol. The Kier molecular flexibility index (Phi) is 7.02. The lowest BCUT2D eigenvalue weighted by molar-refractivity contribution is -0.139. The normalized spacial score (nSPS) is 12.4. The fraction of sp³-hybridized carbons (Fsp3) is 0.385. The van der Waals surface area contributed by atoms with Crippen molar-refractivity contribution in [3.63, 3.8) is 0 Å². The van der Waals surface area contributed by atoms with E-state index in [9.17, 15) is 24.4 Å². The van der Waals surface area contributed by atoms with Gasteiger partial charge in [0.05, 0.1) is 13.2 Å². The third-order valence-electron chi connectivity index (χ3n) is 2.59. The lowest BCUT2D eigenvalue weighted by Crippen LogP contribution is -2.40. The predicted octanol–water partition coefficient (Wildman–Crippen LogP) is 2.00. The van der Waals surface area contributed by atoms with E-state index in [0.717, 1.165) is 0 Å². The van der Waals surface area contributed by atoms with Crippen molar-refractivity contribution >= 4 is 19.7 Å². The minimum absolute atomic E-state index is 0.0396. The topological polar surface area (TPSA) is 134 Å². The van der Waals surface area contributed by atoms with Gasteiger partial charge >= 0.3 is 19.7 Å². The van der Waals surface area contributed by atoms with E-state index in [1.165, 1.54) is 24.3 Å². The average Bonchev–Trinajstić information content (AvgIpc) is 2.46. The summed E-state index contributed by atoms with van der Waals surface area (Å²) in [5.41, 5.74) is 0.230. The molecule has 1 aromatic carbocycles. The molecule has 0 spiro atoms. The van der Waals surface area contributed by atoms with E-state index in [2.05, 4.69) is 5.32 Å². The molecule has 1 rings (SSSR count). The Morgan fingerprint density at radius 2 is 1.70 bits per heavy atom. The summed E-state index contributed by atoms with van der Waals surface area (Å²) in [6.07, 6.45) is 0. The number of nitrogens with one attached hydrogen (secondary N) is 2. The maximum atomic E-state index is 12.2. The molecule has 0 heterocycles. The van der Waals surface area contributed by atoms with Crippen LogP contribution >= 0.6 is 7.75 Å². The van der Waals surface area contributed by atoms with Crippen LogP contribution in [-0.4, -0.2) is 35.4 Å². The van der Waals surface area contributed by atoms with Crippen LogP contribution in [-0.2, 0) is 18.4 Å². The molecule has 0 saturated heterocycles. The smallest absolute Gasteiger partial charge is 0.436 e. The van der Waals surface area contributed by atoms with E-state index < -0.39 is 25.8 Å². The summed E-state index contributed by atoms with van der Waals surface area (Å²) in [7, 11) is -3.86. The van der Waals surface area contributed by atoms with Crippen molar-refractivity contribution in [3.8, 4) is 5.75 Å². The van der Waals surface area contributed by atoms with Gasteiger partial charge in [-0.3, -0.25) is 9.05 Å². The average molecular weight is 346 g/mol. The minimum Gasteiger partial charge on any atom is -0.508 e. The van der Waals surface area contributed by atoms with Crippen LogP contribution in [0.4, 0.5) is 4.79 Å². The molecule has 0 aromatic heterocycles. The zero-order chi connectivity index (χ0) is 17.5. The molecular formula is C13H19N2O7P. The van der Waals surface area contributed by atoms with Crippen LogP contribution in [0, 0.1) is 0 Å². The Labute approximate surface area is 133 Å². The van der Waals surface area contributed by atoms with E-state index >= 15 is 0 Å². The maximum Gasteiger partial charge on any atom is 0.436 e. The SMILES string of the molecule is CCOP(=O)(NC(=O)NC(C(=O)O)c1ccc(O)cc1)OCC. The van der Waals surface area contributed by atoms with Gasteiger partial charge in [-0.1, -0.05) is 12.1 Å². The first-order chi connectivity index (χ1) is 10.8. The zero-order valence-corrected chi connectivity index (χ0v) is 13.6. The van der Waals surface area contributed by atoms with Crippen molar-refractivity contribution in [2.75, 3.05) is 13.2 Å². The van der Waals surface area contributed by atoms with Gasteiger partial charge in [0.2, 0.25) is 0 Å². The number of rotatable bonds is 8. The molecule has 10 heteroatoms. The molecular weight excluding hydrogens is 327 g/mol. The van der Waals surface area contributed by atoms with Gasteiger partial charge in [-0.25, -0.2) is 19.2 Å². The second-order valence-corrected chi connectivity index (χ2v) is 6.02. The van der Waals surface area contributed by atoms with E-state index in [1.54, 1.807) is 13.8 Å². The van der Waals surface area contributed by atoms with Gasteiger partial charge in [-0.15, -0.1) is 0 Å². The number of hydrogen-bond donors (Lipinski definition) is 4. The van der Waals surface area contributed by atoms with E-state index in [0.29, 0.717) is 0 Å². The molecule has 0 fully saturated rings. The molecule has 0 radical (unpaired) electrons. The zero-order valence-electron chi connectivity index (χ0n) is 12.7. The quantitative estimate of drug-likeness (QED) is 0.529. The molecule has 1 unspecified atom stereocenters. The van der Waals surface area contributed by atoms with Gasteiger partial charge < -0.3 is 15.5 Å². The molecule has 1 atom stereocenters. The third kappa shape index (κ3) is 5.90. The number of phenolic OH excluding ortho intramolecular Hbond substituents is 1. The number of aromatic hydroxyl groups is 1. The molecule has 128 valence electrons. The number of urea groups is 1. The third-order valence-corrected chi connectivity index (χ3v) is 4.26. The molecule has 0 bridgehead atoms. The number of carbonyl (C=O) groups is 2. The first-order valence-electron chi connectivity index (χ1n) is 6.81. The summed E-state index contributed by atoms with van der Waals surface area (Å²) in [6, 6.07) is 2.85. The predicted molar refractivity (Wildman–Crippen MR) is 81.0 cm³/mol. The fourth-order valence-electron chi connectivity index (χ4n) is 1.68. The van der Waals surface area contributed by atoms with Crippen LogP contribution in [0.15, 0.2) is 24.3 Å². The minimum atomic E-state index is -3.86. The lowest BCUT2D eigenvalue weighted by atomic mass is 10.1. The summed E-state index contributed by atoms with van der Waals surface area (Å²) < 4.78 is 21.9. The Balaban J connectivity index is 2.84. The standard InChI is InChI=1S/C13H19N2O7P/c1-3-21-23(20,22-4-2)15-13(19)14-11(12(17)18)9-5-7-10(16)8-6-9/h5-8,11,16H,3-4H2,1-2H3,(H,17,18)(H2,14,15,19,20). The molecule has 2 amide bonds. The van der Waals surface area contributed by atoms with Crippen molar-refractivity contribution in [2.24, 2.45) is 0 Å². The number of amides is 2. The Bertz CT molecular complexity index is 580.